The van der Waals surface area contributed by atoms with E-state index in [2.05, 4.69) is 18.6 Å². The zero-order valence-corrected chi connectivity index (χ0v) is 8.75. The largest absolute Gasteiger partial charge is 0.282 e. The molecule has 71 valence electrons. The van der Waals surface area contributed by atoms with Gasteiger partial charge in [0.15, 0.2) is 0 Å². The van der Waals surface area contributed by atoms with E-state index in [-0.39, 0.29) is 0 Å². The Labute approximate surface area is 79.6 Å². The summed E-state index contributed by atoms with van der Waals surface area (Å²) in [5.74, 6) is 0. The lowest BCUT2D eigenvalue weighted by Gasteiger charge is -2.14. The molecule has 1 unspecified atom stereocenters. The molecule has 0 spiro atoms. The summed E-state index contributed by atoms with van der Waals surface area (Å²) in [6, 6.07) is 0.487. The van der Waals surface area contributed by atoms with Crippen molar-refractivity contribution in [3.8, 4) is 0 Å². The third kappa shape index (κ3) is 6.68. The van der Waals surface area contributed by atoms with Crippen LogP contribution < -0.4 is 4.72 Å². The number of hydrogen-bond acceptors (Lipinski definition) is 3. The molecule has 1 N–H and O–H groups in total. The molecule has 0 aliphatic rings. The average molecular weight is 188 g/mol. The fourth-order valence-corrected chi connectivity index (χ4v) is 1.62. The van der Waals surface area contributed by atoms with Gasteiger partial charge in [0.2, 0.25) is 0 Å². The van der Waals surface area contributed by atoms with Crippen LogP contribution in [-0.4, -0.2) is 11.7 Å². The molecule has 0 rings (SSSR count). The highest BCUT2D eigenvalue weighted by Gasteiger charge is 2.05. The van der Waals surface area contributed by atoms with Crippen molar-refractivity contribution in [2.24, 2.45) is 0 Å². The number of rotatable bonds is 8. The second-order valence-electron chi connectivity index (χ2n) is 2.93. The maximum atomic E-state index is 9.96. The van der Waals surface area contributed by atoms with Crippen molar-refractivity contribution in [2.75, 3.05) is 0 Å². The summed E-state index contributed by atoms with van der Waals surface area (Å²) >= 11 is 1.05. The van der Waals surface area contributed by atoms with Gasteiger partial charge in [0.25, 0.3) is 5.62 Å². The average Bonchev–Trinajstić information content (AvgIpc) is 2.10. The van der Waals surface area contributed by atoms with Crippen molar-refractivity contribution in [1.29, 1.82) is 0 Å². The summed E-state index contributed by atoms with van der Waals surface area (Å²) < 4.78 is 3.10. The quantitative estimate of drug-likeness (QED) is 0.594. The summed E-state index contributed by atoms with van der Waals surface area (Å²) in [5, 5.41) is 0. The maximum Gasteiger partial charge on any atom is 0.282 e. The van der Waals surface area contributed by atoms with Gasteiger partial charge in [-0.1, -0.05) is 33.1 Å². The molecule has 0 aliphatic carbocycles. The predicted molar refractivity (Wildman–Crippen MR) is 54.6 cm³/mol. The first-order chi connectivity index (χ1) is 5.85. The molecule has 0 heterocycles. The molecule has 1 atom stereocenters. The molecule has 2 nitrogen and oxygen atoms in total. The van der Waals surface area contributed by atoms with E-state index in [1.807, 2.05) is 0 Å². The van der Waals surface area contributed by atoms with Gasteiger partial charge < -0.3 is 0 Å². The third-order valence-corrected chi connectivity index (χ3v) is 2.35. The normalized spacial score (nSPS) is 12.8. The van der Waals surface area contributed by atoms with Crippen molar-refractivity contribution in [1.82, 2.24) is 4.72 Å². The van der Waals surface area contributed by atoms with Crippen LogP contribution >= 0.6 is 11.9 Å². The highest BCUT2D eigenvalue weighted by molar-refractivity contribution is 8.10. The van der Waals surface area contributed by atoms with E-state index in [0.717, 1.165) is 18.4 Å². The van der Waals surface area contributed by atoms with Crippen LogP contribution in [0.5, 0.6) is 0 Å². The summed E-state index contributed by atoms with van der Waals surface area (Å²) in [6.07, 6.45) is 5.93. The van der Waals surface area contributed by atoms with Crippen LogP contribution in [0.4, 0.5) is 0 Å². The monoisotopic (exact) mass is 188 g/mol. The number of carbonyl (C=O) groups excluding carboxylic acids is 1. The van der Waals surface area contributed by atoms with Crippen LogP contribution in [0.2, 0.25) is 0 Å². The highest BCUT2D eigenvalue weighted by atomic mass is 32.2. The lowest BCUT2D eigenvalue weighted by atomic mass is 10.1. The maximum absolute atomic E-state index is 9.96. The van der Waals surface area contributed by atoms with Crippen LogP contribution in [-0.2, 0) is 4.79 Å². The van der Waals surface area contributed by atoms with Crippen LogP contribution in [0.3, 0.4) is 0 Å². The zero-order chi connectivity index (χ0) is 9.23. The molecule has 0 amide bonds. The van der Waals surface area contributed by atoms with Gasteiger partial charge in [0.1, 0.15) is 0 Å². The fourth-order valence-electron chi connectivity index (χ4n) is 1.17. The van der Waals surface area contributed by atoms with Crippen molar-refractivity contribution in [2.45, 2.75) is 52.0 Å². The molecular formula is C9H18NOS. The summed E-state index contributed by atoms with van der Waals surface area (Å²) in [6.45, 7) is 4.35. The molecule has 0 aromatic heterocycles. The summed E-state index contributed by atoms with van der Waals surface area (Å²) in [4.78, 5) is 9.96. The molecule has 0 aromatic rings. The SMILES string of the molecule is CCCCC(CCC)NS[C]=O. The molecule has 3 heteroatoms. The van der Waals surface area contributed by atoms with Crippen LogP contribution in [0.25, 0.3) is 0 Å². The molecule has 1 radical (unpaired) electrons. The predicted octanol–water partition coefficient (Wildman–Crippen LogP) is 2.65. The van der Waals surface area contributed by atoms with E-state index in [1.165, 1.54) is 25.7 Å². The lowest BCUT2D eigenvalue weighted by molar-refractivity contribution is 0.509. The van der Waals surface area contributed by atoms with E-state index in [0.29, 0.717) is 6.04 Å². The van der Waals surface area contributed by atoms with Crippen LogP contribution in [0.1, 0.15) is 46.0 Å². The molecule has 0 saturated heterocycles. The van der Waals surface area contributed by atoms with Gasteiger partial charge >= 0.3 is 0 Å². The minimum Gasteiger partial charge on any atom is -0.276 e. The minimum absolute atomic E-state index is 0.487. The Morgan fingerprint density at radius 2 is 2.08 bits per heavy atom. The van der Waals surface area contributed by atoms with Crippen molar-refractivity contribution < 1.29 is 4.79 Å². The number of unbranched alkanes of at least 4 members (excludes halogenated alkanes) is 1. The first kappa shape index (κ1) is 12.0. The number of nitrogens with one attached hydrogen (secondary N) is 1. The van der Waals surface area contributed by atoms with Gasteiger partial charge in [-0.2, -0.15) is 0 Å². The van der Waals surface area contributed by atoms with Gasteiger partial charge in [-0.3, -0.25) is 9.52 Å². The highest BCUT2D eigenvalue weighted by Crippen LogP contribution is 2.08. The lowest BCUT2D eigenvalue weighted by Crippen LogP contribution is -2.22. The molecule has 12 heavy (non-hydrogen) atoms. The topological polar surface area (TPSA) is 29.1 Å². The first-order valence-corrected chi connectivity index (χ1v) is 5.45. The molecule has 0 aliphatic heterocycles. The van der Waals surface area contributed by atoms with Crippen LogP contribution in [0.15, 0.2) is 0 Å². The van der Waals surface area contributed by atoms with Crippen molar-refractivity contribution in [3.05, 3.63) is 0 Å². The Hall–Kier alpha value is -0.0200. The van der Waals surface area contributed by atoms with Gasteiger partial charge in [-0.15, -0.1) is 0 Å². The zero-order valence-electron chi connectivity index (χ0n) is 7.93. The Balaban J connectivity index is 3.46. The Morgan fingerprint density at radius 1 is 1.33 bits per heavy atom. The fraction of sp³-hybridized carbons (Fsp3) is 0.889. The van der Waals surface area contributed by atoms with Crippen LogP contribution in [0, 0.1) is 0 Å². The molecular weight excluding hydrogens is 170 g/mol. The van der Waals surface area contributed by atoms with Crippen molar-refractivity contribution >= 4 is 17.6 Å². The summed E-state index contributed by atoms with van der Waals surface area (Å²) in [7, 11) is 0. The Bertz CT molecular complexity index is 109. The Kier molecular flexibility index (Phi) is 9.06. The third-order valence-electron chi connectivity index (χ3n) is 1.81. The molecule has 0 aromatic carbocycles. The number of hydrogen-bond donors (Lipinski definition) is 1. The van der Waals surface area contributed by atoms with E-state index >= 15 is 0 Å². The molecule has 0 saturated carbocycles. The van der Waals surface area contributed by atoms with Gasteiger partial charge in [-0.25, -0.2) is 0 Å². The van der Waals surface area contributed by atoms with E-state index in [9.17, 15) is 4.79 Å². The van der Waals surface area contributed by atoms with Gasteiger partial charge in [0.05, 0.1) is 0 Å². The smallest absolute Gasteiger partial charge is 0.276 e. The van der Waals surface area contributed by atoms with Gasteiger partial charge in [0, 0.05) is 18.0 Å². The minimum atomic E-state index is 0.487. The summed E-state index contributed by atoms with van der Waals surface area (Å²) in [5.41, 5.74) is 1.79. The first-order valence-electron chi connectivity index (χ1n) is 4.63. The second-order valence-corrected chi connectivity index (χ2v) is 3.54. The van der Waals surface area contributed by atoms with E-state index in [4.69, 9.17) is 0 Å². The van der Waals surface area contributed by atoms with E-state index < -0.39 is 0 Å². The standard InChI is InChI=1S/C9H18NOS/c1-3-5-7-9(6-4-2)10-12-8-11/h9-10H,3-7H2,1-2H3. The second kappa shape index (κ2) is 9.07. The molecule has 0 fully saturated rings. The van der Waals surface area contributed by atoms with Crippen molar-refractivity contribution in [3.63, 3.8) is 0 Å². The molecule has 0 bridgehead atoms. The van der Waals surface area contributed by atoms with E-state index in [1.54, 1.807) is 5.62 Å². The van der Waals surface area contributed by atoms with Gasteiger partial charge in [-0.05, 0) is 12.8 Å². The Morgan fingerprint density at radius 3 is 2.58 bits per heavy atom.